The Bertz CT molecular complexity index is 562. The Morgan fingerprint density at radius 2 is 2.00 bits per heavy atom. The van der Waals surface area contributed by atoms with Crippen molar-refractivity contribution in [1.29, 1.82) is 0 Å². The number of rotatable bonds is 2. The summed E-state index contributed by atoms with van der Waals surface area (Å²) in [7, 11) is 1.89. The van der Waals surface area contributed by atoms with Crippen molar-refractivity contribution in [2.75, 3.05) is 12.4 Å². The van der Waals surface area contributed by atoms with Crippen LogP contribution in [0.15, 0.2) is 18.2 Å². The molecule has 1 heterocycles. The van der Waals surface area contributed by atoms with Crippen molar-refractivity contribution in [3.05, 3.63) is 34.3 Å². The van der Waals surface area contributed by atoms with Crippen LogP contribution in [-0.2, 0) is 0 Å². The zero-order chi connectivity index (χ0) is 12.6. The zero-order valence-electron chi connectivity index (χ0n) is 10.6. The quantitative estimate of drug-likeness (QED) is 0.854. The van der Waals surface area contributed by atoms with Crippen molar-refractivity contribution < 1.29 is 0 Å². The minimum atomic E-state index is 0.438. The SMILES string of the molecule is CNc1nc2c(Cl)ccc(C)c2cc1C(C)C. The fourth-order valence-corrected chi connectivity index (χ4v) is 2.23. The van der Waals surface area contributed by atoms with E-state index in [1.165, 1.54) is 11.1 Å². The lowest BCUT2D eigenvalue weighted by Gasteiger charge is -2.14. The molecule has 0 aliphatic carbocycles. The Hall–Kier alpha value is -1.28. The highest BCUT2D eigenvalue weighted by Gasteiger charge is 2.12. The van der Waals surface area contributed by atoms with Gasteiger partial charge in [0.05, 0.1) is 10.5 Å². The Morgan fingerprint density at radius 1 is 1.29 bits per heavy atom. The van der Waals surface area contributed by atoms with Crippen LogP contribution >= 0.6 is 11.6 Å². The predicted octanol–water partition coefficient (Wildman–Crippen LogP) is 4.36. The lowest BCUT2D eigenvalue weighted by molar-refractivity contribution is 0.864. The molecule has 90 valence electrons. The predicted molar refractivity (Wildman–Crippen MR) is 75.1 cm³/mol. The average molecular weight is 249 g/mol. The van der Waals surface area contributed by atoms with Gasteiger partial charge in [-0.15, -0.1) is 0 Å². The van der Waals surface area contributed by atoms with E-state index in [1.807, 2.05) is 19.2 Å². The van der Waals surface area contributed by atoms with Gasteiger partial charge in [-0.3, -0.25) is 0 Å². The maximum absolute atomic E-state index is 6.20. The summed E-state index contributed by atoms with van der Waals surface area (Å²) in [5, 5.41) is 4.99. The van der Waals surface area contributed by atoms with E-state index >= 15 is 0 Å². The average Bonchev–Trinajstić information content (AvgIpc) is 2.32. The molecule has 2 rings (SSSR count). The number of nitrogens with one attached hydrogen (secondary N) is 1. The molecule has 0 amide bonds. The number of fused-ring (bicyclic) bond motifs is 1. The minimum absolute atomic E-state index is 0.438. The van der Waals surface area contributed by atoms with Crippen molar-refractivity contribution in [3.63, 3.8) is 0 Å². The van der Waals surface area contributed by atoms with Crippen LogP contribution in [0.1, 0.15) is 30.9 Å². The first-order valence-corrected chi connectivity index (χ1v) is 6.20. The fraction of sp³-hybridized carbons (Fsp3) is 0.357. The molecule has 17 heavy (non-hydrogen) atoms. The first kappa shape index (κ1) is 12.2. The lowest BCUT2D eigenvalue weighted by atomic mass is 10.00. The number of aromatic nitrogens is 1. The molecule has 2 nitrogen and oxygen atoms in total. The number of anilines is 1. The van der Waals surface area contributed by atoms with Crippen LogP contribution in [0.5, 0.6) is 0 Å². The summed E-state index contributed by atoms with van der Waals surface area (Å²) in [5.41, 5.74) is 3.31. The molecule has 0 radical (unpaired) electrons. The Labute approximate surface area is 107 Å². The molecule has 0 aliphatic rings. The maximum atomic E-state index is 6.20. The van der Waals surface area contributed by atoms with Gasteiger partial charge in [0, 0.05) is 12.4 Å². The second-order valence-corrected chi connectivity index (χ2v) is 5.00. The van der Waals surface area contributed by atoms with Gasteiger partial charge in [-0.25, -0.2) is 4.98 Å². The van der Waals surface area contributed by atoms with Crippen LogP contribution in [-0.4, -0.2) is 12.0 Å². The smallest absolute Gasteiger partial charge is 0.129 e. The molecule has 3 heteroatoms. The highest BCUT2D eigenvalue weighted by atomic mass is 35.5. The Morgan fingerprint density at radius 3 is 2.59 bits per heavy atom. The summed E-state index contributed by atoms with van der Waals surface area (Å²) in [6.45, 7) is 6.43. The summed E-state index contributed by atoms with van der Waals surface area (Å²) < 4.78 is 0. The van der Waals surface area contributed by atoms with Gasteiger partial charge in [0.15, 0.2) is 0 Å². The summed E-state index contributed by atoms with van der Waals surface area (Å²) >= 11 is 6.20. The summed E-state index contributed by atoms with van der Waals surface area (Å²) in [6.07, 6.45) is 0. The molecule has 1 N–H and O–H groups in total. The number of hydrogen-bond acceptors (Lipinski definition) is 2. The third kappa shape index (κ3) is 2.09. The minimum Gasteiger partial charge on any atom is -0.373 e. The summed E-state index contributed by atoms with van der Waals surface area (Å²) in [5.74, 6) is 1.35. The van der Waals surface area contributed by atoms with E-state index in [1.54, 1.807) is 0 Å². The number of hydrogen-bond donors (Lipinski definition) is 1. The van der Waals surface area contributed by atoms with Crippen molar-refractivity contribution in [3.8, 4) is 0 Å². The van der Waals surface area contributed by atoms with Crippen LogP contribution in [0.3, 0.4) is 0 Å². The molecule has 0 saturated heterocycles. The highest BCUT2D eigenvalue weighted by molar-refractivity contribution is 6.35. The van der Waals surface area contributed by atoms with Gasteiger partial charge in [-0.05, 0) is 36.1 Å². The number of halogens is 1. The van der Waals surface area contributed by atoms with Gasteiger partial charge < -0.3 is 5.32 Å². The van der Waals surface area contributed by atoms with Crippen LogP contribution in [0.4, 0.5) is 5.82 Å². The topological polar surface area (TPSA) is 24.9 Å². The van der Waals surface area contributed by atoms with E-state index in [-0.39, 0.29) is 0 Å². The molecule has 1 aromatic heterocycles. The lowest BCUT2D eigenvalue weighted by Crippen LogP contribution is -2.01. The first-order chi connectivity index (χ1) is 8.04. The monoisotopic (exact) mass is 248 g/mol. The number of aryl methyl sites for hydroxylation is 1. The second kappa shape index (κ2) is 4.53. The molecule has 0 aliphatic heterocycles. The molecular formula is C14H17ClN2. The molecule has 1 aromatic carbocycles. The third-order valence-corrected chi connectivity index (χ3v) is 3.35. The van der Waals surface area contributed by atoms with E-state index in [2.05, 4.69) is 37.1 Å². The van der Waals surface area contributed by atoms with E-state index in [9.17, 15) is 0 Å². The van der Waals surface area contributed by atoms with E-state index < -0.39 is 0 Å². The largest absolute Gasteiger partial charge is 0.373 e. The van der Waals surface area contributed by atoms with Crippen molar-refractivity contribution in [2.24, 2.45) is 0 Å². The molecule has 0 bridgehead atoms. The molecule has 0 unspecified atom stereocenters. The maximum Gasteiger partial charge on any atom is 0.129 e. The van der Waals surface area contributed by atoms with Crippen LogP contribution < -0.4 is 5.32 Å². The zero-order valence-corrected chi connectivity index (χ0v) is 11.4. The van der Waals surface area contributed by atoms with Gasteiger partial charge in [-0.2, -0.15) is 0 Å². The molecule has 0 spiro atoms. The standard InChI is InChI=1S/C14H17ClN2/c1-8(2)10-7-11-9(3)5-6-12(15)13(11)17-14(10)16-4/h5-8H,1-4H3,(H,16,17). The first-order valence-electron chi connectivity index (χ1n) is 5.82. The van der Waals surface area contributed by atoms with Gasteiger partial charge in [0.25, 0.3) is 0 Å². The van der Waals surface area contributed by atoms with E-state index in [0.717, 1.165) is 16.7 Å². The van der Waals surface area contributed by atoms with Crippen LogP contribution in [0, 0.1) is 6.92 Å². The summed E-state index contributed by atoms with van der Waals surface area (Å²) in [6, 6.07) is 6.14. The van der Waals surface area contributed by atoms with Gasteiger partial charge in [0.2, 0.25) is 0 Å². The Kier molecular flexibility index (Phi) is 3.25. The van der Waals surface area contributed by atoms with E-state index in [0.29, 0.717) is 10.9 Å². The summed E-state index contributed by atoms with van der Waals surface area (Å²) in [4.78, 5) is 4.63. The van der Waals surface area contributed by atoms with Crippen molar-refractivity contribution in [1.82, 2.24) is 4.98 Å². The van der Waals surface area contributed by atoms with Crippen molar-refractivity contribution >= 4 is 28.3 Å². The van der Waals surface area contributed by atoms with Gasteiger partial charge in [0.1, 0.15) is 5.82 Å². The van der Waals surface area contributed by atoms with Crippen molar-refractivity contribution in [2.45, 2.75) is 26.7 Å². The van der Waals surface area contributed by atoms with Gasteiger partial charge >= 0.3 is 0 Å². The van der Waals surface area contributed by atoms with Crippen LogP contribution in [0.2, 0.25) is 5.02 Å². The number of pyridine rings is 1. The molecule has 2 aromatic rings. The molecule has 0 saturated carbocycles. The normalized spacial score (nSPS) is 11.2. The Balaban J connectivity index is 2.83. The van der Waals surface area contributed by atoms with Crippen LogP contribution in [0.25, 0.3) is 10.9 Å². The third-order valence-electron chi connectivity index (χ3n) is 3.04. The van der Waals surface area contributed by atoms with E-state index in [4.69, 9.17) is 11.6 Å². The molecule has 0 atom stereocenters. The van der Waals surface area contributed by atoms with Gasteiger partial charge in [-0.1, -0.05) is 31.5 Å². The molecule has 0 fully saturated rings. The highest BCUT2D eigenvalue weighted by Crippen LogP contribution is 2.31. The number of nitrogens with zero attached hydrogens (tertiary/aromatic N) is 1. The second-order valence-electron chi connectivity index (χ2n) is 4.59. The molecular weight excluding hydrogens is 232 g/mol. The number of benzene rings is 1. The fourth-order valence-electron chi connectivity index (χ4n) is 2.02.